The Balaban J connectivity index is 1.82. The zero-order valence-corrected chi connectivity index (χ0v) is 13.1. The van der Waals surface area contributed by atoms with Gasteiger partial charge in [0.25, 0.3) is 0 Å². The number of nitrogens with zero attached hydrogens (tertiary/aromatic N) is 2. The molecular formula is C17H27N3O. The van der Waals surface area contributed by atoms with Gasteiger partial charge in [-0.3, -0.25) is 4.90 Å². The third-order valence-electron chi connectivity index (χ3n) is 5.12. The summed E-state index contributed by atoms with van der Waals surface area (Å²) in [6, 6.07) is 7.65. The highest BCUT2D eigenvalue weighted by atomic mass is 16.3. The summed E-state index contributed by atoms with van der Waals surface area (Å²) in [5, 5.41) is 9.72. The quantitative estimate of drug-likeness (QED) is 0.892. The summed E-state index contributed by atoms with van der Waals surface area (Å²) >= 11 is 0. The normalized spacial score (nSPS) is 29.4. The lowest BCUT2D eigenvalue weighted by Crippen LogP contribution is -2.40. The zero-order valence-electron chi connectivity index (χ0n) is 13.1. The Kier molecular flexibility index (Phi) is 4.20. The molecule has 4 heteroatoms. The Morgan fingerprint density at radius 3 is 2.57 bits per heavy atom. The molecule has 3 rings (SSSR count). The molecule has 0 amide bonds. The minimum Gasteiger partial charge on any atom is -0.393 e. The lowest BCUT2D eigenvalue weighted by atomic mass is 9.91. The Labute approximate surface area is 127 Å². The van der Waals surface area contributed by atoms with E-state index in [0.717, 1.165) is 32.2 Å². The second kappa shape index (κ2) is 5.95. The second-order valence-electron chi connectivity index (χ2n) is 6.66. The van der Waals surface area contributed by atoms with Gasteiger partial charge in [0.05, 0.1) is 6.10 Å². The van der Waals surface area contributed by atoms with Gasteiger partial charge in [-0.25, -0.2) is 0 Å². The van der Waals surface area contributed by atoms with Crippen LogP contribution < -0.4 is 10.6 Å². The van der Waals surface area contributed by atoms with Crippen molar-refractivity contribution in [3.05, 3.63) is 29.3 Å². The van der Waals surface area contributed by atoms with E-state index in [1.165, 1.54) is 16.8 Å². The van der Waals surface area contributed by atoms with Crippen LogP contribution in [0, 0.1) is 0 Å². The number of aliphatic hydroxyl groups is 1. The molecule has 0 bridgehead atoms. The van der Waals surface area contributed by atoms with Crippen molar-refractivity contribution < 1.29 is 5.11 Å². The van der Waals surface area contributed by atoms with E-state index in [1.807, 2.05) is 0 Å². The van der Waals surface area contributed by atoms with Gasteiger partial charge in [0.1, 0.15) is 0 Å². The number of rotatable bonds is 3. The SMILES string of the molecule is CN(C)c1ccc2c(c1)C(CN)N(C1CCC(O)CC1)C2. The van der Waals surface area contributed by atoms with Crippen LogP contribution in [0.1, 0.15) is 42.9 Å². The summed E-state index contributed by atoms with van der Waals surface area (Å²) in [4.78, 5) is 4.71. The van der Waals surface area contributed by atoms with E-state index in [0.29, 0.717) is 18.6 Å². The molecular weight excluding hydrogens is 262 g/mol. The number of anilines is 1. The Morgan fingerprint density at radius 1 is 1.24 bits per heavy atom. The Hall–Kier alpha value is -1.10. The number of hydrogen-bond acceptors (Lipinski definition) is 4. The molecule has 1 heterocycles. The monoisotopic (exact) mass is 289 g/mol. The van der Waals surface area contributed by atoms with Gasteiger partial charge in [0, 0.05) is 45.0 Å². The minimum absolute atomic E-state index is 0.0945. The predicted octanol–water partition coefficient (Wildman–Crippen LogP) is 1.87. The van der Waals surface area contributed by atoms with E-state index in [9.17, 15) is 5.11 Å². The number of hydrogen-bond donors (Lipinski definition) is 2. The van der Waals surface area contributed by atoms with Gasteiger partial charge in [0.2, 0.25) is 0 Å². The van der Waals surface area contributed by atoms with Crippen LogP contribution in [0.2, 0.25) is 0 Å². The molecule has 1 aliphatic carbocycles. The molecule has 1 aliphatic heterocycles. The van der Waals surface area contributed by atoms with E-state index in [2.05, 4.69) is 42.1 Å². The lowest BCUT2D eigenvalue weighted by Gasteiger charge is -2.36. The third kappa shape index (κ3) is 2.80. The molecule has 0 radical (unpaired) electrons. The van der Waals surface area contributed by atoms with Crippen molar-refractivity contribution in [3.63, 3.8) is 0 Å². The van der Waals surface area contributed by atoms with E-state index in [4.69, 9.17) is 5.73 Å². The van der Waals surface area contributed by atoms with Gasteiger partial charge in [-0.1, -0.05) is 6.07 Å². The molecule has 3 N–H and O–H groups in total. The first-order valence-electron chi connectivity index (χ1n) is 8.04. The van der Waals surface area contributed by atoms with Gasteiger partial charge in [0.15, 0.2) is 0 Å². The van der Waals surface area contributed by atoms with Crippen molar-refractivity contribution in [1.82, 2.24) is 4.90 Å². The fourth-order valence-electron chi connectivity index (χ4n) is 3.84. The molecule has 1 unspecified atom stereocenters. The first-order valence-corrected chi connectivity index (χ1v) is 8.04. The van der Waals surface area contributed by atoms with Crippen LogP contribution in [-0.2, 0) is 6.54 Å². The van der Waals surface area contributed by atoms with Crippen molar-refractivity contribution in [3.8, 4) is 0 Å². The van der Waals surface area contributed by atoms with E-state index in [1.54, 1.807) is 0 Å². The molecule has 2 aliphatic rings. The summed E-state index contributed by atoms with van der Waals surface area (Å²) in [6.07, 6.45) is 3.94. The maximum absolute atomic E-state index is 9.72. The minimum atomic E-state index is -0.0945. The Morgan fingerprint density at radius 2 is 1.95 bits per heavy atom. The number of benzene rings is 1. The first kappa shape index (κ1) is 14.8. The van der Waals surface area contributed by atoms with Crippen molar-refractivity contribution >= 4 is 5.69 Å². The molecule has 4 nitrogen and oxygen atoms in total. The van der Waals surface area contributed by atoms with E-state index in [-0.39, 0.29) is 6.10 Å². The van der Waals surface area contributed by atoms with Crippen LogP contribution in [0.25, 0.3) is 0 Å². The standard InChI is InChI=1S/C17H27N3O/c1-19(2)14-4-3-12-11-20(17(10-18)16(12)9-14)13-5-7-15(21)8-6-13/h3-4,9,13,15,17,21H,5-8,10-11,18H2,1-2H3. The molecule has 0 aromatic heterocycles. The number of fused-ring (bicyclic) bond motifs is 1. The van der Waals surface area contributed by atoms with Crippen molar-refractivity contribution in [1.29, 1.82) is 0 Å². The van der Waals surface area contributed by atoms with Crippen molar-refractivity contribution in [2.75, 3.05) is 25.5 Å². The van der Waals surface area contributed by atoms with E-state index < -0.39 is 0 Å². The third-order valence-corrected chi connectivity index (χ3v) is 5.12. The average molecular weight is 289 g/mol. The van der Waals surface area contributed by atoms with Crippen LogP contribution in [0.15, 0.2) is 18.2 Å². The van der Waals surface area contributed by atoms with Crippen LogP contribution >= 0.6 is 0 Å². The van der Waals surface area contributed by atoms with E-state index >= 15 is 0 Å². The van der Waals surface area contributed by atoms with Gasteiger partial charge >= 0.3 is 0 Å². The van der Waals surface area contributed by atoms with Gasteiger partial charge in [-0.05, 0) is 48.9 Å². The van der Waals surface area contributed by atoms with Crippen LogP contribution in [0.4, 0.5) is 5.69 Å². The van der Waals surface area contributed by atoms with Crippen LogP contribution in [-0.4, -0.2) is 42.8 Å². The molecule has 116 valence electrons. The van der Waals surface area contributed by atoms with Crippen LogP contribution in [0.5, 0.6) is 0 Å². The maximum Gasteiger partial charge on any atom is 0.0541 e. The van der Waals surface area contributed by atoms with Gasteiger partial charge < -0.3 is 15.7 Å². The number of nitrogens with two attached hydrogens (primary N) is 1. The number of aliphatic hydroxyl groups excluding tert-OH is 1. The van der Waals surface area contributed by atoms with Gasteiger partial charge in [-0.2, -0.15) is 0 Å². The Bertz CT molecular complexity index is 495. The summed E-state index contributed by atoms with van der Waals surface area (Å²) < 4.78 is 0. The zero-order chi connectivity index (χ0) is 15.0. The molecule has 1 saturated carbocycles. The molecule has 1 aromatic rings. The highest BCUT2D eigenvalue weighted by Crippen LogP contribution is 2.39. The molecule has 21 heavy (non-hydrogen) atoms. The highest BCUT2D eigenvalue weighted by Gasteiger charge is 2.35. The van der Waals surface area contributed by atoms with Crippen molar-refractivity contribution in [2.24, 2.45) is 5.73 Å². The fraction of sp³-hybridized carbons (Fsp3) is 0.647. The summed E-state index contributed by atoms with van der Waals surface area (Å²) in [5.74, 6) is 0. The van der Waals surface area contributed by atoms with Crippen molar-refractivity contribution in [2.45, 2.75) is 50.4 Å². The smallest absolute Gasteiger partial charge is 0.0541 e. The molecule has 1 atom stereocenters. The highest BCUT2D eigenvalue weighted by molar-refractivity contribution is 5.52. The maximum atomic E-state index is 9.72. The summed E-state index contributed by atoms with van der Waals surface area (Å²) in [7, 11) is 4.16. The summed E-state index contributed by atoms with van der Waals surface area (Å²) in [6.45, 7) is 1.68. The average Bonchev–Trinajstić information content (AvgIpc) is 2.85. The molecule has 1 aromatic carbocycles. The van der Waals surface area contributed by atoms with Crippen LogP contribution in [0.3, 0.4) is 0 Å². The second-order valence-corrected chi connectivity index (χ2v) is 6.66. The van der Waals surface area contributed by atoms with Gasteiger partial charge in [-0.15, -0.1) is 0 Å². The molecule has 0 spiro atoms. The first-order chi connectivity index (χ1) is 10.1. The molecule has 0 saturated heterocycles. The largest absolute Gasteiger partial charge is 0.393 e. The molecule has 1 fully saturated rings. The topological polar surface area (TPSA) is 52.7 Å². The summed E-state index contributed by atoms with van der Waals surface area (Å²) in [5.41, 5.74) is 10.2. The predicted molar refractivity (Wildman–Crippen MR) is 86.4 cm³/mol. The fourth-order valence-corrected chi connectivity index (χ4v) is 3.84. The lowest BCUT2D eigenvalue weighted by molar-refractivity contribution is 0.0571.